The maximum atomic E-state index is 12.3. The monoisotopic (exact) mass is 422 g/mol. The number of hydrogen-bond acceptors (Lipinski definition) is 7. The van der Waals surface area contributed by atoms with Crippen molar-refractivity contribution in [1.82, 2.24) is 15.3 Å². The molecule has 0 fully saturated rings. The molecule has 0 saturated carbocycles. The third kappa shape index (κ3) is 4.48. The molecule has 1 aliphatic rings. The number of nitrogens with one attached hydrogen (secondary N) is 2. The quantitative estimate of drug-likeness (QED) is 0.341. The number of guanidine groups is 1. The van der Waals surface area contributed by atoms with Crippen molar-refractivity contribution in [1.29, 1.82) is 0 Å². The van der Waals surface area contributed by atoms with Crippen molar-refractivity contribution in [3.63, 3.8) is 0 Å². The lowest BCUT2D eigenvalue weighted by atomic mass is 10.1. The van der Waals surface area contributed by atoms with E-state index in [9.17, 15) is 4.79 Å². The number of carbonyl (C=O) groups is 1. The van der Waals surface area contributed by atoms with Gasteiger partial charge in [-0.3, -0.25) is 9.79 Å². The molecule has 2 heterocycles. The van der Waals surface area contributed by atoms with E-state index in [4.69, 9.17) is 20.3 Å². The first kappa shape index (κ1) is 20.4. The van der Waals surface area contributed by atoms with E-state index in [1.165, 1.54) is 0 Å². The molecule has 3 aromatic rings. The maximum absolute atomic E-state index is 12.3. The number of aliphatic hydroxyl groups excluding tert-OH is 1. The number of anilines is 1. The number of nitrogens with zero attached hydrogens (tertiary/aromatic N) is 3. The number of rotatable bonds is 6. The summed E-state index contributed by atoms with van der Waals surface area (Å²) in [5.74, 6) is 2.32. The average molecular weight is 422 g/mol. The summed E-state index contributed by atoms with van der Waals surface area (Å²) in [4.78, 5) is 25.5. The number of aliphatic imine (C=N–C) groups is 1. The fourth-order valence-corrected chi connectivity index (χ4v) is 3.18. The van der Waals surface area contributed by atoms with Crippen LogP contribution in [0.5, 0.6) is 11.5 Å². The number of aliphatic hydroxyl groups is 1. The van der Waals surface area contributed by atoms with Gasteiger partial charge in [-0.15, -0.1) is 0 Å². The van der Waals surface area contributed by atoms with Gasteiger partial charge in [0.05, 0.1) is 12.1 Å². The van der Waals surface area contributed by atoms with E-state index in [2.05, 4.69) is 25.6 Å². The Kier molecular flexibility index (Phi) is 5.80. The second-order valence-electron chi connectivity index (χ2n) is 6.80. The summed E-state index contributed by atoms with van der Waals surface area (Å²) in [7, 11) is 1.57. The molecule has 0 spiro atoms. The maximum Gasteiger partial charge on any atom is 0.251 e. The zero-order valence-electron chi connectivity index (χ0n) is 16.9. The first-order chi connectivity index (χ1) is 15.1. The van der Waals surface area contributed by atoms with E-state index >= 15 is 0 Å². The zero-order valence-corrected chi connectivity index (χ0v) is 16.9. The molecule has 0 unspecified atom stereocenters. The fraction of sp³-hybridized carbons (Fsp3) is 0.238. The molecule has 2 aromatic carbocycles. The minimum Gasteiger partial charge on any atom is -0.454 e. The van der Waals surface area contributed by atoms with Gasteiger partial charge in [0.25, 0.3) is 5.91 Å². The lowest BCUT2D eigenvalue weighted by Crippen LogP contribution is -2.26. The summed E-state index contributed by atoms with van der Waals surface area (Å²) < 4.78 is 10.8. The summed E-state index contributed by atoms with van der Waals surface area (Å²) >= 11 is 0. The Hall–Kier alpha value is -3.92. The highest BCUT2D eigenvalue weighted by molar-refractivity contribution is 6.03. The van der Waals surface area contributed by atoms with Crippen molar-refractivity contribution < 1.29 is 19.4 Å². The van der Waals surface area contributed by atoms with Gasteiger partial charge in [0.1, 0.15) is 11.6 Å². The van der Waals surface area contributed by atoms with Crippen molar-refractivity contribution in [3.8, 4) is 11.5 Å². The molecule has 1 aliphatic heterocycles. The van der Waals surface area contributed by atoms with Crippen molar-refractivity contribution >= 4 is 28.6 Å². The molecule has 10 nitrogen and oxygen atoms in total. The molecule has 1 aromatic heterocycles. The molecular formula is C21H22N6O4. The molecule has 0 saturated heterocycles. The number of benzene rings is 2. The summed E-state index contributed by atoms with van der Waals surface area (Å²) in [5.41, 5.74) is 7.81. The lowest BCUT2D eigenvalue weighted by Gasteiger charge is -2.12. The van der Waals surface area contributed by atoms with Gasteiger partial charge in [-0.1, -0.05) is 6.07 Å². The normalized spacial score (nSPS) is 12.8. The number of fused-ring (bicyclic) bond motifs is 2. The highest BCUT2D eigenvalue weighted by atomic mass is 16.7. The van der Waals surface area contributed by atoms with Gasteiger partial charge in [-0.2, -0.15) is 0 Å². The Bertz CT molecular complexity index is 1160. The Morgan fingerprint density at radius 1 is 1.19 bits per heavy atom. The summed E-state index contributed by atoms with van der Waals surface area (Å²) in [5, 5.41) is 15.2. The minimum absolute atomic E-state index is 0.134. The molecule has 0 radical (unpaired) electrons. The number of nitrogens with two attached hydrogens (primary N) is 1. The van der Waals surface area contributed by atoms with Crippen LogP contribution in [0.1, 0.15) is 21.7 Å². The van der Waals surface area contributed by atoms with Crippen molar-refractivity contribution in [2.24, 2.45) is 10.7 Å². The average Bonchev–Trinajstić information content (AvgIpc) is 3.24. The van der Waals surface area contributed by atoms with Gasteiger partial charge in [-0.05, 0) is 35.9 Å². The van der Waals surface area contributed by atoms with Gasteiger partial charge < -0.3 is 30.9 Å². The van der Waals surface area contributed by atoms with E-state index in [0.29, 0.717) is 46.0 Å². The molecular weight excluding hydrogens is 400 g/mol. The molecule has 0 aliphatic carbocycles. The van der Waals surface area contributed by atoms with Crippen LogP contribution in [0.4, 0.5) is 5.82 Å². The van der Waals surface area contributed by atoms with Crippen molar-refractivity contribution in [2.75, 3.05) is 32.3 Å². The second kappa shape index (κ2) is 8.84. The van der Waals surface area contributed by atoms with Crippen molar-refractivity contribution in [2.45, 2.75) is 6.42 Å². The van der Waals surface area contributed by atoms with Crippen LogP contribution in [0.25, 0.3) is 10.9 Å². The highest BCUT2D eigenvalue weighted by Crippen LogP contribution is 2.33. The Balaban J connectivity index is 1.72. The van der Waals surface area contributed by atoms with E-state index in [1.807, 2.05) is 18.2 Å². The molecule has 5 N–H and O–H groups in total. The van der Waals surface area contributed by atoms with Crippen LogP contribution in [0.15, 0.2) is 41.4 Å². The van der Waals surface area contributed by atoms with Crippen LogP contribution in [-0.2, 0) is 6.42 Å². The number of aromatic nitrogens is 2. The number of ether oxygens (including phenoxy) is 2. The van der Waals surface area contributed by atoms with E-state index in [0.717, 1.165) is 5.56 Å². The molecule has 0 bridgehead atoms. The third-order valence-electron chi connectivity index (χ3n) is 4.69. The van der Waals surface area contributed by atoms with E-state index < -0.39 is 0 Å². The lowest BCUT2D eigenvalue weighted by molar-refractivity contribution is 0.0945. The predicted molar refractivity (Wildman–Crippen MR) is 115 cm³/mol. The standard InChI is InChI=1S/C21H22N6O4/c1-23-21(22)27-19-14-4-3-13(20(29)24-6-7-28)10-15(14)25-18(26-19)9-12-2-5-16-17(8-12)31-11-30-16/h2-5,8,10,28H,6-7,9,11H2,1H3,(H,24,29)(H3,22,23,25,26,27). The van der Waals surface area contributed by atoms with Crippen LogP contribution in [0.3, 0.4) is 0 Å². The van der Waals surface area contributed by atoms with Gasteiger partial charge in [0.15, 0.2) is 17.5 Å². The van der Waals surface area contributed by atoms with Crippen molar-refractivity contribution in [3.05, 3.63) is 53.3 Å². The molecule has 160 valence electrons. The smallest absolute Gasteiger partial charge is 0.251 e. The van der Waals surface area contributed by atoms with Gasteiger partial charge in [0, 0.05) is 31.0 Å². The first-order valence-electron chi connectivity index (χ1n) is 9.65. The van der Waals surface area contributed by atoms with Crippen LogP contribution in [0.2, 0.25) is 0 Å². The Morgan fingerprint density at radius 2 is 2.03 bits per heavy atom. The fourth-order valence-electron chi connectivity index (χ4n) is 3.18. The molecule has 31 heavy (non-hydrogen) atoms. The summed E-state index contributed by atoms with van der Waals surface area (Å²) in [6, 6.07) is 10.8. The molecule has 4 rings (SSSR count). The predicted octanol–water partition coefficient (Wildman–Crippen LogP) is 1.03. The number of amides is 1. The van der Waals surface area contributed by atoms with Gasteiger partial charge >= 0.3 is 0 Å². The van der Waals surface area contributed by atoms with Crippen LogP contribution in [0, 0.1) is 0 Å². The molecule has 10 heteroatoms. The van der Waals surface area contributed by atoms with Gasteiger partial charge in [0.2, 0.25) is 6.79 Å². The Morgan fingerprint density at radius 3 is 2.84 bits per heavy atom. The van der Waals surface area contributed by atoms with Gasteiger partial charge in [-0.25, -0.2) is 9.97 Å². The number of hydrogen-bond donors (Lipinski definition) is 4. The largest absolute Gasteiger partial charge is 0.454 e. The summed E-state index contributed by atoms with van der Waals surface area (Å²) in [6.07, 6.45) is 0.436. The molecule has 1 amide bonds. The highest BCUT2D eigenvalue weighted by Gasteiger charge is 2.16. The zero-order chi connectivity index (χ0) is 21.8. The van der Waals surface area contributed by atoms with Crippen LogP contribution < -0.4 is 25.8 Å². The van der Waals surface area contributed by atoms with Crippen LogP contribution in [-0.4, -0.2) is 53.9 Å². The topological polar surface area (TPSA) is 144 Å². The Labute approximate surface area is 178 Å². The molecule has 0 atom stereocenters. The van der Waals surface area contributed by atoms with E-state index in [-0.39, 0.29) is 31.8 Å². The SMILES string of the molecule is CN=C(N)Nc1nc(Cc2ccc3c(c2)OCO3)nc2cc(C(=O)NCCO)ccc12. The number of carbonyl (C=O) groups excluding carboxylic acids is 1. The first-order valence-corrected chi connectivity index (χ1v) is 9.65. The minimum atomic E-state index is -0.295. The van der Waals surface area contributed by atoms with Crippen LogP contribution >= 0.6 is 0 Å². The summed E-state index contributed by atoms with van der Waals surface area (Å²) in [6.45, 7) is 0.243. The third-order valence-corrected chi connectivity index (χ3v) is 4.69. The van der Waals surface area contributed by atoms with E-state index in [1.54, 1.807) is 25.2 Å². The second-order valence-corrected chi connectivity index (χ2v) is 6.80.